The zero-order valence-electron chi connectivity index (χ0n) is 39.6. The highest BCUT2D eigenvalue weighted by atomic mass is 31.2. The molecule has 1 rings (SSSR count). The van der Waals surface area contributed by atoms with E-state index in [1.165, 1.54) is 109 Å². The summed E-state index contributed by atoms with van der Waals surface area (Å²) < 4.78 is 33.5. The van der Waals surface area contributed by atoms with Crippen molar-refractivity contribution in [1.82, 2.24) is 0 Å². The van der Waals surface area contributed by atoms with E-state index in [1.54, 1.807) is 0 Å². The molecule has 1 aliphatic rings. The Hall–Kier alpha value is -2.19. The molecule has 0 bridgehead atoms. The second-order valence-corrected chi connectivity index (χ2v) is 18.7. The fraction of sp³-hybridized carbons (Fsp3) is 0.800. The molecule has 6 unspecified atom stereocenters. The van der Waals surface area contributed by atoms with Crippen molar-refractivity contribution in [1.29, 1.82) is 0 Å². The Morgan fingerprint density at radius 2 is 0.859 bits per heavy atom. The van der Waals surface area contributed by atoms with Crippen molar-refractivity contribution in [3.63, 3.8) is 0 Å². The van der Waals surface area contributed by atoms with Crippen LogP contribution in [0.2, 0.25) is 0 Å². The van der Waals surface area contributed by atoms with Gasteiger partial charge in [0.1, 0.15) is 43.2 Å². The lowest BCUT2D eigenvalue weighted by molar-refractivity contribution is -0.220. The summed E-state index contributed by atoms with van der Waals surface area (Å²) in [5.41, 5.74) is 0. The first kappa shape index (κ1) is 59.8. The summed E-state index contributed by atoms with van der Waals surface area (Å²) in [4.78, 5) is 35.8. The molecule has 6 N–H and O–H groups in total. The lowest BCUT2D eigenvalue weighted by atomic mass is 9.85. The normalized spacial score (nSPS) is 21.9. The van der Waals surface area contributed by atoms with Crippen LogP contribution in [0.1, 0.15) is 200 Å². The lowest BCUT2D eigenvalue weighted by Crippen LogP contribution is -2.64. The van der Waals surface area contributed by atoms with Gasteiger partial charge in [-0.25, -0.2) is 4.57 Å². The molecule has 0 saturated heterocycles. The first-order chi connectivity index (χ1) is 30.9. The molecule has 0 spiro atoms. The maximum absolute atomic E-state index is 12.8. The second kappa shape index (κ2) is 39.9. The number of phosphoric ester groups is 1. The van der Waals surface area contributed by atoms with Gasteiger partial charge >= 0.3 is 19.8 Å². The first-order valence-corrected chi connectivity index (χ1v) is 26.4. The summed E-state index contributed by atoms with van der Waals surface area (Å²) in [7, 11) is -5.13. The van der Waals surface area contributed by atoms with E-state index in [0.29, 0.717) is 19.3 Å². The van der Waals surface area contributed by atoms with Crippen LogP contribution in [0.4, 0.5) is 0 Å². The average Bonchev–Trinajstić information content (AvgIpc) is 3.28. The quantitative estimate of drug-likeness (QED) is 0.0146. The van der Waals surface area contributed by atoms with Crippen LogP contribution in [-0.4, -0.2) is 98.3 Å². The SMILES string of the molecule is CCCCC/C=C\C/C=C\C/C=C\C/C=C\CCCC(=O)O[C@H](COC(=O)CCCCCCCCCCCCCCCCCCCC)COP(=O)(O)OC1C(O)C(O)C(O)[C@@H](O)C1O. The van der Waals surface area contributed by atoms with Crippen molar-refractivity contribution in [3.8, 4) is 0 Å². The summed E-state index contributed by atoms with van der Waals surface area (Å²) in [5, 5.41) is 50.2. The molecule has 0 aromatic rings. The number of aliphatic hydroxyl groups excluding tert-OH is 5. The molecule has 372 valence electrons. The molecule has 0 aromatic heterocycles. The third kappa shape index (κ3) is 31.7. The van der Waals surface area contributed by atoms with Crippen LogP contribution in [0.3, 0.4) is 0 Å². The molecule has 8 atom stereocenters. The molecule has 14 heteroatoms. The summed E-state index contributed by atoms with van der Waals surface area (Å²) in [5.74, 6) is -1.16. The highest BCUT2D eigenvalue weighted by Crippen LogP contribution is 2.47. The molecule has 0 aromatic carbocycles. The van der Waals surface area contributed by atoms with E-state index >= 15 is 0 Å². The Morgan fingerprint density at radius 3 is 1.33 bits per heavy atom. The molecule has 1 saturated carbocycles. The number of hydrogen-bond acceptors (Lipinski definition) is 12. The number of rotatable bonds is 41. The standard InChI is InChI=1S/C50H89O13P/c1-3-5-7-9-11-13-15-17-19-21-23-24-26-28-30-32-34-36-38-43(51)60-40-42(41-61-64(58,59)63-50-48(56)46(54)45(53)47(55)49(50)57)62-44(52)39-37-35-33-31-29-27-25-22-20-18-16-14-12-10-8-6-4-2/h12,14,18,20,25,27,31,33,42,45-50,53-57H,3-11,13,15-17,19,21-24,26,28-30,32,34-41H2,1-2H3,(H,58,59)/b14-12-,20-18-,27-25-,33-31-/t42-,45?,46-,47?,48?,49?,50?/m1/s1. The summed E-state index contributed by atoms with van der Waals surface area (Å²) in [6, 6.07) is 0. The molecule has 13 nitrogen and oxygen atoms in total. The number of esters is 2. The van der Waals surface area contributed by atoms with Crippen LogP contribution in [0.25, 0.3) is 0 Å². The number of hydrogen-bond donors (Lipinski definition) is 6. The number of carbonyl (C=O) groups excluding carboxylic acids is 2. The molecule has 1 fully saturated rings. The third-order valence-corrected chi connectivity index (χ3v) is 12.4. The molecular weight excluding hydrogens is 840 g/mol. The van der Waals surface area contributed by atoms with Gasteiger partial charge in [0, 0.05) is 12.8 Å². The minimum atomic E-state index is -5.13. The molecule has 0 aliphatic heterocycles. The fourth-order valence-corrected chi connectivity index (χ4v) is 8.37. The van der Waals surface area contributed by atoms with Crippen molar-refractivity contribution in [2.45, 2.75) is 243 Å². The average molecular weight is 929 g/mol. The highest BCUT2D eigenvalue weighted by Gasteiger charge is 2.51. The van der Waals surface area contributed by atoms with Crippen molar-refractivity contribution < 1.29 is 63.1 Å². The topological polar surface area (TPSA) is 210 Å². The van der Waals surface area contributed by atoms with E-state index in [0.717, 1.165) is 44.9 Å². The Balaban J connectivity index is 2.45. The number of unbranched alkanes of at least 4 members (excludes halogenated alkanes) is 21. The van der Waals surface area contributed by atoms with Crippen molar-refractivity contribution in [2.75, 3.05) is 13.2 Å². The fourth-order valence-electron chi connectivity index (χ4n) is 7.40. The van der Waals surface area contributed by atoms with E-state index in [1.807, 2.05) is 12.2 Å². The lowest BCUT2D eigenvalue weighted by Gasteiger charge is -2.41. The van der Waals surface area contributed by atoms with Gasteiger partial charge in [0.25, 0.3) is 0 Å². The molecule has 0 heterocycles. The molecular formula is C50H89O13P. The highest BCUT2D eigenvalue weighted by molar-refractivity contribution is 7.47. The molecule has 1 aliphatic carbocycles. The van der Waals surface area contributed by atoms with E-state index in [-0.39, 0.29) is 12.8 Å². The predicted octanol–water partition coefficient (Wildman–Crippen LogP) is 10.3. The van der Waals surface area contributed by atoms with Crippen molar-refractivity contribution in [2.24, 2.45) is 0 Å². The number of ether oxygens (including phenoxy) is 2. The zero-order chi connectivity index (χ0) is 47.1. The Morgan fingerprint density at radius 1 is 0.484 bits per heavy atom. The van der Waals surface area contributed by atoms with E-state index < -0.39 is 75.7 Å². The van der Waals surface area contributed by atoms with Gasteiger partial charge in [-0.1, -0.05) is 184 Å². The van der Waals surface area contributed by atoms with E-state index in [2.05, 4.69) is 50.3 Å². The monoisotopic (exact) mass is 929 g/mol. The number of aliphatic hydroxyl groups is 5. The van der Waals surface area contributed by atoms with Gasteiger partial charge in [-0.3, -0.25) is 18.6 Å². The van der Waals surface area contributed by atoms with E-state index in [4.69, 9.17) is 18.5 Å². The van der Waals surface area contributed by atoms with Gasteiger partial charge in [0.15, 0.2) is 6.10 Å². The Kier molecular flexibility index (Phi) is 37.3. The van der Waals surface area contributed by atoms with Crippen LogP contribution in [0.5, 0.6) is 0 Å². The van der Waals surface area contributed by atoms with Gasteiger partial charge in [0.05, 0.1) is 6.61 Å². The van der Waals surface area contributed by atoms with Gasteiger partial charge in [-0.05, 0) is 51.4 Å². The van der Waals surface area contributed by atoms with Crippen LogP contribution in [0.15, 0.2) is 48.6 Å². The first-order valence-electron chi connectivity index (χ1n) is 24.9. The van der Waals surface area contributed by atoms with Crippen LogP contribution in [0, 0.1) is 0 Å². The van der Waals surface area contributed by atoms with Crippen LogP contribution < -0.4 is 0 Å². The predicted molar refractivity (Wildman–Crippen MR) is 253 cm³/mol. The third-order valence-electron chi connectivity index (χ3n) is 11.4. The molecule has 0 radical (unpaired) electrons. The van der Waals surface area contributed by atoms with Gasteiger partial charge in [-0.2, -0.15) is 0 Å². The summed E-state index contributed by atoms with van der Waals surface area (Å²) >= 11 is 0. The Labute approximate surface area is 386 Å². The van der Waals surface area contributed by atoms with Gasteiger partial charge in [0.2, 0.25) is 0 Å². The van der Waals surface area contributed by atoms with Gasteiger partial charge in [-0.15, -0.1) is 0 Å². The zero-order valence-corrected chi connectivity index (χ0v) is 40.5. The van der Waals surface area contributed by atoms with E-state index in [9.17, 15) is 44.6 Å². The number of allylic oxidation sites excluding steroid dienone is 8. The molecule has 64 heavy (non-hydrogen) atoms. The van der Waals surface area contributed by atoms with Crippen molar-refractivity contribution >= 4 is 19.8 Å². The summed E-state index contributed by atoms with van der Waals surface area (Å²) in [6.07, 6.45) is 34.5. The molecule has 0 amide bonds. The maximum atomic E-state index is 12.8. The summed E-state index contributed by atoms with van der Waals surface area (Å²) in [6.45, 7) is 3.25. The van der Waals surface area contributed by atoms with Crippen LogP contribution in [-0.2, 0) is 32.7 Å². The second-order valence-electron chi connectivity index (χ2n) is 17.3. The van der Waals surface area contributed by atoms with Gasteiger partial charge < -0.3 is 39.9 Å². The van der Waals surface area contributed by atoms with Crippen molar-refractivity contribution in [3.05, 3.63) is 48.6 Å². The van der Waals surface area contributed by atoms with Crippen LogP contribution >= 0.6 is 7.82 Å². The minimum Gasteiger partial charge on any atom is -0.462 e. The number of phosphoric acid groups is 1. The largest absolute Gasteiger partial charge is 0.472 e. The maximum Gasteiger partial charge on any atom is 0.472 e. The Bertz CT molecular complexity index is 1300. The smallest absolute Gasteiger partial charge is 0.462 e. The minimum absolute atomic E-state index is 0.0215. The number of carbonyl (C=O) groups is 2.